The van der Waals surface area contributed by atoms with Crippen molar-refractivity contribution in [3.05, 3.63) is 77.9 Å². The van der Waals surface area contributed by atoms with Crippen LogP contribution in [0, 0.1) is 13.8 Å². The number of aromatic nitrogens is 3. The summed E-state index contributed by atoms with van der Waals surface area (Å²) < 4.78 is 0. The smallest absolute Gasteiger partial charge is 0.354 e. The summed E-state index contributed by atoms with van der Waals surface area (Å²) >= 11 is 0. The summed E-state index contributed by atoms with van der Waals surface area (Å²) in [5.41, 5.74) is 4.21. The minimum Gasteiger partial charge on any atom is -0.477 e. The first-order valence-corrected chi connectivity index (χ1v) is 7.07. The molecule has 5 nitrogen and oxygen atoms in total. The Kier molecular flexibility index (Phi) is 7.89. The quantitative estimate of drug-likeness (QED) is 0.584. The predicted octanol–water partition coefficient (Wildman–Crippen LogP) is 3.54. The van der Waals surface area contributed by atoms with Gasteiger partial charge in [-0.25, -0.2) is 9.78 Å². The predicted molar refractivity (Wildman–Crippen MR) is 88.1 cm³/mol. The van der Waals surface area contributed by atoms with Crippen molar-refractivity contribution < 1.29 is 30.0 Å². The molecule has 0 fully saturated rings. The molecule has 3 heterocycles. The molecule has 3 aromatic rings. The molecular weight excluding hydrogens is 482 g/mol. The Hall–Kier alpha value is -2.43. The molecule has 0 atom stereocenters. The molecule has 0 spiro atoms. The minimum absolute atomic E-state index is 0. The third-order valence-electron chi connectivity index (χ3n) is 2.91. The molecule has 3 aromatic heterocycles. The fourth-order valence-electron chi connectivity index (χ4n) is 1.98. The zero-order valence-corrected chi connectivity index (χ0v) is 15.7. The summed E-state index contributed by atoms with van der Waals surface area (Å²) in [6.07, 6.45) is 3.23. The molecule has 0 aliphatic rings. The molecule has 24 heavy (non-hydrogen) atoms. The maximum Gasteiger partial charge on any atom is 0.354 e. The first-order valence-electron chi connectivity index (χ1n) is 7.07. The number of rotatable bonds is 2. The average molecular weight is 500 g/mol. The SMILES string of the molecule is Cc1cc(C)nc(-c2ccccn2)c1.O=C(O)c1ccccn1.[Ir]. The molecule has 0 aliphatic heterocycles. The second-order valence-corrected chi connectivity index (χ2v) is 4.91. The Balaban J connectivity index is 0.000000252. The van der Waals surface area contributed by atoms with Gasteiger partial charge >= 0.3 is 5.97 Å². The van der Waals surface area contributed by atoms with Crippen molar-refractivity contribution in [2.24, 2.45) is 0 Å². The fourth-order valence-corrected chi connectivity index (χ4v) is 1.98. The number of nitrogens with zero attached hydrogens (tertiary/aromatic N) is 3. The number of aromatic carboxylic acids is 1. The topological polar surface area (TPSA) is 76.0 Å². The molecular formula is C18H17IrN3O2. The Morgan fingerprint density at radius 2 is 1.58 bits per heavy atom. The summed E-state index contributed by atoms with van der Waals surface area (Å²) in [5.74, 6) is -0.990. The standard InChI is InChI=1S/C12H12N2.C6H5NO2.Ir/c1-9-7-10(2)14-12(8-9)11-5-3-4-6-13-11;8-6(9)5-3-1-2-4-7-5;/h3-8H,1-2H3;1-4H,(H,8,9);. The second-order valence-electron chi connectivity index (χ2n) is 4.91. The van der Waals surface area contributed by atoms with Crippen molar-refractivity contribution in [2.45, 2.75) is 13.8 Å². The maximum atomic E-state index is 10.1. The van der Waals surface area contributed by atoms with Crippen LogP contribution in [-0.2, 0) is 20.1 Å². The van der Waals surface area contributed by atoms with Crippen LogP contribution in [0.3, 0.4) is 0 Å². The first-order chi connectivity index (χ1) is 11.1. The Bertz CT molecular complexity index is 761. The van der Waals surface area contributed by atoms with Gasteiger partial charge in [0, 0.05) is 38.2 Å². The van der Waals surface area contributed by atoms with Gasteiger partial charge in [-0.3, -0.25) is 9.97 Å². The number of aryl methyl sites for hydroxylation is 2. The van der Waals surface area contributed by atoms with Crippen LogP contribution in [0.1, 0.15) is 21.7 Å². The van der Waals surface area contributed by atoms with E-state index >= 15 is 0 Å². The molecule has 125 valence electrons. The Morgan fingerprint density at radius 1 is 0.917 bits per heavy atom. The number of carbonyl (C=O) groups is 1. The van der Waals surface area contributed by atoms with Gasteiger partial charge in [-0.05, 0) is 55.8 Å². The van der Waals surface area contributed by atoms with Gasteiger partial charge in [0.1, 0.15) is 5.69 Å². The summed E-state index contributed by atoms with van der Waals surface area (Å²) in [6.45, 7) is 4.07. The fraction of sp³-hybridized carbons (Fsp3) is 0.111. The summed E-state index contributed by atoms with van der Waals surface area (Å²) in [5, 5.41) is 8.32. The van der Waals surface area contributed by atoms with Gasteiger partial charge in [-0.15, -0.1) is 0 Å². The molecule has 3 rings (SSSR count). The second kappa shape index (κ2) is 9.65. The van der Waals surface area contributed by atoms with E-state index in [1.165, 1.54) is 17.8 Å². The van der Waals surface area contributed by atoms with Crippen LogP contribution in [0.5, 0.6) is 0 Å². The molecule has 0 amide bonds. The van der Waals surface area contributed by atoms with Gasteiger partial charge in [-0.1, -0.05) is 12.1 Å². The molecule has 0 aliphatic carbocycles. The van der Waals surface area contributed by atoms with Crippen LogP contribution in [0.25, 0.3) is 11.4 Å². The van der Waals surface area contributed by atoms with E-state index in [0.717, 1.165) is 17.1 Å². The van der Waals surface area contributed by atoms with Crippen LogP contribution < -0.4 is 0 Å². The van der Waals surface area contributed by atoms with E-state index in [1.54, 1.807) is 18.3 Å². The third kappa shape index (κ3) is 5.99. The number of pyridine rings is 3. The molecule has 0 aromatic carbocycles. The van der Waals surface area contributed by atoms with E-state index in [-0.39, 0.29) is 25.8 Å². The van der Waals surface area contributed by atoms with Gasteiger partial charge in [-0.2, -0.15) is 0 Å². The van der Waals surface area contributed by atoms with E-state index in [4.69, 9.17) is 5.11 Å². The molecule has 1 N–H and O–H groups in total. The van der Waals surface area contributed by atoms with Crippen LogP contribution in [0.4, 0.5) is 0 Å². The molecule has 0 saturated carbocycles. The number of hydrogen-bond donors (Lipinski definition) is 1. The van der Waals surface area contributed by atoms with Crippen molar-refractivity contribution in [1.29, 1.82) is 0 Å². The van der Waals surface area contributed by atoms with Crippen LogP contribution >= 0.6 is 0 Å². The monoisotopic (exact) mass is 500 g/mol. The first kappa shape index (κ1) is 19.6. The Labute approximate surface area is 154 Å². The van der Waals surface area contributed by atoms with Gasteiger partial charge < -0.3 is 5.11 Å². The van der Waals surface area contributed by atoms with E-state index in [9.17, 15) is 4.79 Å². The molecule has 0 saturated heterocycles. The number of carboxylic acids is 1. The average Bonchev–Trinajstić information content (AvgIpc) is 2.56. The van der Waals surface area contributed by atoms with Crippen molar-refractivity contribution >= 4 is 5.97 Å². The minimum atomic E-state index is -0.990. The van der Waals surface area contributed by atoms with Gasteiger partial charge in [0.05, 0.1) is 11.4 Å². The van der Waals surface area contributed by atoms with Crippen LogP contribution in [-0.4, -0.2) is 26.0 Å². The summed E-state index contributed by atoms with van der Waals surface area (Å²) in [6, 6.07) is 14.7. The van der Waals surface area contributed by atoms with Crippen molar-refractivity contribution in [1.82, 2.24) is 15.0 Å². The van der Waals surface area contributed by atoms with E-state index < -0.39 is 5.97 Å². The molecule has 6 heteroatoms. The maximum absolute atomic E-state index is 10.1. The van der Waals surface area contributed by atoms with Crippen LogP contribution in [0.2, 0.25) is 0 Å². The summed E-state index contributed by atoms with van der Waals surface area (Å²) in [7, 11) is 0. The van der Waals surface area contributed by atoms with Gasteiger partial charge in [0.25, 0.3) is 0 Å². The number of carboxylic acid groups (broad SMARTS) is 1. The summed E-state index contributed by atoms with van der Waals surface area (Å²) in [4.78, 5) is 22.4. The third-order valence-corrected chi connectivity index (χ3v) is 2.91. The van der Waals surface area contributed by atoms with E-state index in [2.05, 4.69) is 34.0 Å². The normalized spacial score (nSPS) is 9.25. The van der Waals surface area contributed by atoms with Crippen molar-refractivity contribution in [3.63, 3.8) is 0 Å². The van der Waals surface area contributed by atoms with Gasteiger partial charge in [0.15, 0.2) is 0 Å². The Morgan fingerprint density at radius 3 is 2.04 bits per heavy atom. The van der Waals surface area contributed by atoms with Crippen molar-refractivity contribution in [3.8, 4) is 11.4 Å². The van der Waals surface area contributed by atoms with Crippen LogP contribution in [0.15, 0.2) is 60.9 Å². The zero-order valence-electron chi connectivity index (χ0n) is 13.3. The van der Waals surface area contributed by atoms with Gasteiger partial charge in [0.2, 0.25) is 0 Å². The van der Waals surface area contributed by atoms with E-state index in [1.807, 2.05) is 25.1 Å². The molecule has 0 unspecified atom stereocenters. The largest absolute Gasteiger partial charge is 0.477 e. The van der Waals surface area contributed by atoms with Crippen molar-refractivity contribution in [2.75, 3.05) is 0 Å². The molecule has 0 bridgehead atoms. The zero-order chi connectivity index (χ0) is 16.7. The van der Waals surface area contributed by atoms with E-state index in [0.29, 0.717) is 0 Å². The number of hydrogen-bond acceptors (Lipinski definition) is 4. The molecule has 1 radical (unpaired) electrons.